The lowest BCUT2D eigenvalue weighted by atomic mass is 9.46. The zero-order chi connectivity index (χ0) is 66.5. The lowest BCUT2D eigenvalue weighted by Crippen LogP contribution is -2.54. The molecule has 7 rings (SSSR count). The summed E-state index contributed by atoms with van der Waals surface area (Å²) < 4.78 is 22.9. The molecule has 4 unspecified atom stereocenters. The van der Waals surface area contributed by atoms with Crippen molar-refractivity contribution in [2.24, 2.45) is 46.3 Å². The molecule has 0 aromatic heterocycles. The number of hydrogen-bond donors (Lipinski definition) is 4. The molecule has 5 amide bonds. The summed E-state index contributed by atoms with van der Waals surface area (Å²) in [5.41, 5.74) is 4.23. The van der Waals surface area contributed by atoms with E-state index in [1.54, 1.807) is 41.5 Å². The summed E-state index contributed by atoms with van der Waals surface area (Å²) in [5.74, 6) is 2.45. The quantitative estimate of drug-likeness (QED) is 0.0197. The number of amides is 5. The lowest BCUT2D eigenvalue weighted by Gasteiger charge is -2.59. The zero-order valence-corrected chi connectivity index (χ0v) is 59.1. The molecule has 5 aliphatic rings. The Morgan fingerprint density at radius 2 is 1.24 bits per heavy atom. The molecule has 0 bridgehead atoms. The van der Waals surface area contributed by atoms with Crippen LogP contribution < -0.4 is 21.3 Å². The van der Waals surface area contributed by atoms with Crippen LogP contribution in [0.15, 0.2) is 60.2 Å². The van der Waals surface area contributed by atoms with Gasteiger partial charge in [-0.1, -0.05) is 136 Å². The first-order valence-electron chi connectivity index (χ1n) is 34.2. The molecule has 0 saturated heterocycles. The monoisotopic (exact) mass is 1300 g/mol. The highest BCUT2D eigenvalue weighted by molar-refractivity contribution is 8.76. The van der Waals surface area contributed by atoms with E-state index in [9.17, 15) is 33.6 Å². The van der Waals surface area contributed by atoms with Crippen molar-refractivity contribution < 1.29 is 52.5 Å². The predicted molar refractivity (Wildman–Crippen MR) is 364 cm³/mol. The zero-order valence-electron chi connectivity index (χ0n) is 57.5. The van der Waals surface area contributed by atoms with E-state index in [4.69, 9.17) is 18.9 Å². The van der Waals surface area contributed by atoms with E-state index in [1.807, 2.05) is 49.9 Å². The minimum Gasteiger partial charge on any atom is -0.460 e. The molecule has 18 heteroatoms. The SMILES string of the molecule is CC(C)CCC[C@@H](C)C1CC[C@H]2[C@@H]3CC=C4C[C@@H](N(CCCNC(=O)[C@H](CCC(=O)OC(C)(C)C)NC(=O)[C@H](CCC(=O)OC(C)(C)C)NC(=O)CCSSCCNC(=O)OCC5c6ccccc6-c6ccccc65)C(=O)OC(C)(C)C)CCC4(C)C3CCC12C. The van der Waals surface area contributed by atoms with Crippen LogP contribution in [0.1, 0.15) is 223 Å². The molecule has 0 heterocycles. The summed E-state index contributed by atoms with van der Waals surface area (Å²) in [6.45, 7) is 29.5. The maximum atomic E-state index is 14.3. The standard InChI is InChI=1S/C73H111N5O11S2/c1-47(2)21-19-22-48(3)57-29-30-58-55-28-27-49-45-50(35-38-72(49,13)59(55)36-39-73(57,58)14)78(68(85)89-71(10,11)12)42-20-40-74-65(82)60(31-33-63(80)87-69(4,5)6)77-66(83)61(32-34-64(81)88-70(7,8)9)76-62(79)37-43-90-91-44-41-75-67(84)86-46-56-53-25-17-15-23-51(53)52-24-16-18-26-54(52)56/h15-18,23-27,47-48,50,55-61H,19-22,28-46H2,1-14H3,(H,74,82)(H,75,84)(H,76,79)(H,77,83)/t48-,50+,55+,57?,58+,59?,60+,61+,72?,73?/m1/s1. The number of hydrogen-bond acceptors (Lipinski definition) is 13. The number of rotatable bonds is 29. The molecule has 16 nitrogen and oxygen atoms in total. The van der Waals surface area contributed by atoms with Gasteiger partial charge in [0.1, 0.15) is 35.5 Å². The molecule has 506 valence electrons. The molecule has 0 spiro atoms. The third-order valence-corrected chi connectivity index (χ3v) is 22.3. The summed E-state index contributed by atoms with van der Waals surface area (Å²) in [6, 6.07) is 13.8. The van der Waals surface area contributed by atoms with Gasteiger partial charge < -0.3 is 45.1 Å². The van der Waals surface area contributed by atoms with Gasteiger partial charge in [0, 0.05) is 62.4 Å². The first kappa shape index (κ1) is 73.2. The van der Waals surface area contributed by atoms with Gasteiger partial charge in [0.25, 0.3) is 0 Å². The maximum Gasteiger partial charge on any atom is 0.410 e. The van der Waals surface area contributed by atoms with Crippen LogP contribution in [0.3, 0.4) is 0 Å². The van der Waals surface area contributed by atoms with Gasteiger partial charge in [-0.2, -0.15) is 0 Å². The van der Waals surface area contributed by atoms with Crippen molar-refractivity contribution in [1.29, 1.82) is 0 Å². The first-order valence-corrected chi connectivity index (χ1v) is 36.7. The Morgan fingerprint density at radius 3 is 1.86 bits per heavy atom. The van der Waals surface area contributed by atoms with E-state index in [2.05, 4.69) is 86.2 Å². The van der Waals surface area contributed by atoms with Gasteiger partial charge in [-0.3, -0.25) is 24.0 Å². The number of carbonyl (C=O) groups excluding carboxylic acids is 7. The smallest absolute Gasteiger partial charge is 0.410 e. The van der Waals surface area contributed by atoms with Gasteiger partial charge in [0.05, 0.1) is 0 Å². The fraction of sp³-hybridized carbons (Fsp3) is 0.712. The van der Waals surface area contributed by atoms with Gasteiger partial charge >= 0.3 is 24.1 Å². The average Bonchev–Trinajstić information content (AvgIpc) is 1.71. The summed E-state index contributed by atoms with van der Waals surface area (Å²) >= 11 is 0. The van der Waals surface area contributed by atoms with Gasteiger partial charge in [0.2, 0.25) is 17.7 Å². The second-order valence-corrected chi connectivity index (χ2v) is 33.3. The van der Waals surface area contributed by atoms with E-state index in [0.717, 1.165) is 71.6 Å². The molecule has 3 saturated carbocycles. The number of allylic oxidation sites excluding steroid dienone is 1. The number of nitrogens with zero attached hydrogens (tertiary/aromatic N) is 1. The number of fused-ring (bicyclic) bond motifs is 8. The van der Waals surface area contributed by atoms with E-state index in [0.29, 0.717) is 48.3 Å². The summed E-state index contributed by atoms with van der Waals surface area (Å²) in [7, 11) is 2.91. The van der Waals surface area contributed by atoms with Crippen LogP contribution in [0.5, 0.6) is 0 Å². The van der Waals surface area contributed by atoms with Crippen LogP contribution in [0.2, 0.25) is 0 Å². The number of alkyl carbamates (subject to hydrolysis) is 1. The van der Waals surface area contributed by atoms with Crippen molar-refractivity contribution >= 4 is 63.4 Å². The Balaban J connectivity index is 0.929. The number of carbonyl (C=O) groups is 7. The van der Waals surface area contributed by atoms with Crippen molar-refractivity contribution in [2.75, 3.05) is 37.7 Å². The normalized spacial score (nSPS) is 23.7. The van der Waals surface area contributed by atoms with Gasteiger partial charge in [0.15, 0.2) is 0 Å². The molecule has 3 fully saturated rings. The Kier molecular flexibility index (Phi) is 26.0. The fourth-order valence-corrected chi connectivity index (χ4v) is 17.6. The second kappa shape index (κ2) is 32.3. The third kappa shape index (κ3) is 20.6. The minimum atomic E-state index is -1.23. The lowest BCUT2D eigenvalue weighted by molar-refractivity contribution is -0.156. The van der Waals surface area contributed by atoms with Crippen molar-refractivity contribution in [3.05, 3.63) is 71.3 Å². The highest BCUT2D eigenvalue weighted by atomic mass is 33.1. The molecule has 4 N–H and O–H groups in total. The van der Waals surface area contributed by atoms with Crippen molar-refractivity contribution in [2.45, 2.75) is 247 Å². The molecule has 10 atom stereocenters. The average molecular weight is 1300 g/mol. The molecule has 2 aromatic rings. The molecule has 0 radical (unpaired) electrons. The summed E-state index contributed by atoms with van der Waals surface area (Å²) in [4.78, 5) is 97.1. The number of benzene rings is 2. The largest absolute Gasteiger partial charge is 0.460 e. The number of nitrogens with one attached hydrogen (secondary N) is 4. The van der Waals surface area contributed by atoms with E-state index in [-0.39, 0.29) is 68.7 Å². The second-order valence-electron chi connectivity index (χ2n) is 30.6. The van der Waals surface area contributed by atoms with Crippen LogP contribution in [0.4, 0.5) is 9.59 Å². The van der Waals surface area contributed by atoms with Crippen LogP contribution >= 0.6 is 21.6 Å². The maximum absolute atomic E-state index is 14.3. The molecular weight excluding hydrogens is 1190 g/mol. The van der Waals surface area contributed by atoms with Crippen molar-refractivity contribution in [1.82, 2.24) is 26.2 Å². The Morgan fingerprint density at radius 1 is 0.637 bits per heavy atom. The number of ether oxygens (including phenoxy) is 4. The minimum absolute atomic E-state index is 0.0357. The fourth-order valence-electron chi connectivity index (χ4n) is 15.7. The predicted octanol–water partition coefficient (Wildman–Crippen LogP) is 14.7. The van der Waals surface area contributed by atoms with Crippen molar-refractivity contribution in [3.63, 3.8) is 0 Å². The number of esters is 2. The molecule has 2 aromatic carbocycles. The Labute approximate surface area is 552 Å². The summed E-state index contributed by atoms with van der Waals surface area (Å²) in [5, 5.41) is 11.4. The van der Waals surface area contributed by atoms with E-state index < -0.39 is 64.6 Å². The highest BCUT2D eigenvalue weighted by Crippen LogP contribution is 2.67. The van der Waals surface area contributed by atoms with E-state index >= 15 is 0 Å². The van der Waals surface area contributed by atoms with Crippen LogP contribution in [-0.4, -0.2) is 119 Å². The molecule has 0 aliphatic heterocycles. The third-order valence-electron chi connectivity index (χ3n) is 19.9. The van der Waals surface area contributed by atoms with Crippen LogP contribution in [0, 0.1) is 46.3 Å². The van der Waals surface area contributed by atoms with Crippen LogP contribution in [0.25, 0.3) is 11.1 Å². The molecular formula is C73H111N5O11S2. The molecule has 5 aliphatic carbocycles. The Bertz CT molecular complexity index is 2810. The molecule has 91 heavy (non-hydrogen) atoms. The van der Waals surface area contributed by atoms with Gasteiger partial charge in [-0.05, 0) is 202 Å². The Hall–Kier alpha value is -5.23. The van der Waals surface area contributed by atoms with Crippen molar-refractivity contribution in [3.8, 4) is 11.1 Å². The van der Waals surface area contributed by atoms with Gasteiger partial charge in [-0.25, -0.2) is 9.59 Å². The summed E-state index contributed by atoms with van der Waals surface area (Å²) in [6.07, 6.45) is 14.5. The van der Waals surface area contributed by atoms with Gasteiger partial charge in [-0.15, -0.1) is 0 Å². The van der Waals surface area contributed by atoms with E-state index in [1.165, 1.54) is 72.1 Å². The first-order chi connectivity index (χ1) is 42.9. The topological polar surface area (TPSA) is 208 Å². The highest BCUT2D eigenvalue weighted by Gasteiger charge is 2.59. The van der Waals surface area contributed by atoms with Crippen LogP contribution in [-0.2, 0) is 42.9 Å².